The Balaban J connectivity index is -0.000000453. The number of carbonyl (C=O) groups excluding carboxylic acids is 2. The molecule has 3 aliphatic heterocycles. The van der Waals surface area contributed by atoms with Gasteiger partial charge in [-0.2, -0.15) is 15.0 Å². The average Bonchev–Trinajstić information content (AvgIpc) is 4.19. The number of hydrogen-bond acceptors (Lipinski definition) is 24. The van der Waals surface area contributed by atoms with Crippen LogP contribution in [0.3, 0.4) is 0 Å². The number of carbonyl (C=O) groups is 2. The predicted molar refractivity (Wildman–Crippen MR) is 309 cm³/mol. The fourth-order valence-electron chi connectivity index (χ4n) is 7.89. The second kappa shape index (κ2) is 58.8. The van der Waals surface area contributed by atoms with E-state index in [-0.39, 0.29) is 291 Å². The van der Waals surface area contributed by atoms with E-state index in [9.17, 15) is 29.8 Å². The zero-order valence-corrected chi connectivity index (χ0v) is 74.8. The number of nitrogens with two attached hydrogens (primary N) is 1. The van der Waals surface area contributed by atoms with E-state index in [1.54, 1.807) is 62.8 Å². The van der Waals surface area contributed by atoms with E-state index >= 15 is 0 Å². The molecule has 2 atom stereocenters. The number of hydrogen-bond donors (Lipinski definition) is 1. The topological polar surface area (TPSA) is 313 Å². The van der Waals surface area contributed by atoms with E-state index < -0.39 is 33.4 Å². The van der Waals surface area contributed by atoms with Crippen LogP contribution in [0.5, 0.6) is 0 Å². The first-order valence-corrected chi connectivity index (χ1v) is 29.8. The average molecular weight is 2360 g/mol. The van der Waals surface area contributed by atoms with Gasteiger partial charge in [0.1, 0.15) is 0 Å². The molecule has 0 bridgehead atoms. The Morgan fingerprint density at radius 3 is 1.36 bits per heavy atom. The maximum atomic E-state index is 12.8. The zero-order chi connectivity index (χ0) is 58.2. The molecule has 2 amide bonds. The Kier molecular flexibility index (Phi) is 65.0. The van der Waals surface area contributed by atoms with Crippen molar-refractivity contribution in [3.8, 4) is 0 Å². The molecule has 4 radical (unpaired) electrons. The van der Waals surface area contributed by atoms with Gasteiger partial charge in [-0.25, -0.2) is 24.4 Å². The second-order valence-electron chi connectivity index (χ2n) is 17.9. The fourth-order valence-corrected chi connectivity index (χ4v) is 8.90. The van der Waals surface area contributed by atoms with Crippen molar-refractivity contribution < 1.29 is 261 Å². The number of anilines is 3. The van der Waals surface area contributed by atoms with Crippen LogP contribution in [-0.4, -0.2) is 143 Å². The fraction of sp³-hybridized carbons (Fsp3) is 0.623. The molecule has 2 unspecified atom stereocenters. The monoisotopic (exact) mass is 2360 g/mol. The van der Waals surface area contributed by atoms with Gasteiger partial charge >= 0.3 is 23.6 Å². The number of thioether (sulfide) groups is 2. The maximum absolute atomic E-state index is 12.8. The molecule has 490 valence electrons. The number of unbranched alkanes of at least 4 members (excludes halogenated alkanes) is 2. The molecule has 7 heterocycles. The summed E-state index contributed by atoms with van der Waals surface area (Å²) >= 11 is 8.35. The number of nitrogen functional groups attached to an aromatic ring is 1. The van der Waals surface area contributed by atoms with Crippen LogP contribution in [0.2, 0.25) is 5.15 Å². The number of pyridine rings is 2. The Hall–Kier alpha value is 0.855. The Labute approximate surface area is 683 Å². The van der Waals surface area contributed by atoms with Crippen molar-refractivity contribution in [2.75, 3.05) is 94.1 Å². The molecular weight excluding hydrogens is 2290 g/mol. The number of halogens is 1. The summed E-state index contributed by atoms with van der Waals surface area (Å²) in [5.41, 5.74) is 6.91. The molecule has 2 N–H and O–H groups in total. The molecule has 3 saturated heterocycles. The van der Waals surface area contributed by atoms with Crippen molar-refractivity contribution in [2.24, 2.45) is 0 Å². The summed E-state index contributed by atoms with van der Waals surface area (Å²) in [5, 5.41) is 23.5. The smallest absolute Gasteiger partial charge is 0.416 e. The van der Waals surface area contributed by atoms with Crippen molar-refractivity contribution in [2.45, 2.75) is 148 Å². The van der Waals surface area contributed by atoms with Gasteiger partial charge in [-0.3, -0.25) is 30.2 Å². The molecule has 0 aliphatic carbocycles. The van der Waals surface area contributed by atoms with E-state index in [2.05, 4.69) is 29.9 Å². The summed E-state index contributed by atoms with van der Waals surface area (Å²) in [6, 6.07) is 10.6. The molecule has 4 aromatic heterocycles. The summed E-state index contributed by atoms with van der Waals surface area (Å²) < 4.78 is 49.3. The van der Waals surface area contributed by atoms with Crippen LogP contribution in [0, 0.1) is 145 Å². The number of rotatable bonds is 28. The summed E-state index contributed by atoms with van der Waals surface area (Å²) in [5.74, 6) is -0.859. The first kappa shape index (κ1) is 99.5. The number of nitro groups is 2. The first-order chi connectivity index (χ1) is 39.3. The van der Waals surface area contributed by atoms with Crippen molar-refractivity contribution in [3.63, 3.8) is 0 Å². The molecule has 37 heteroatoms. The molecule has 7 rings (SSSR count). The molecule has 4 aromatic rings. The summed E-state index contributed by atoms with van der Waals surface area (Å²) in [4.78, 5) is 75.1. The Bertz CT molecular complexity index is 2440. The Morgan fingerprint density at radius 2 is 0.989 bits per heavy atom. The molecular formula is C53H78ClN11O15S2U4V4. The van der Waals surface area contributed by atoms with Crippen LogP contribution >= 0.6 is 35.1 Å². The van der Waals surface area contributed by atoms with Gasteiger partial charge in [-0.05, 0) is 128 Å². The minimum atomic E-state index is -0.818. The maximum Gasteiger partial charge on any atom is 0.416 e. The quantitative estimate of drug-likeness (QED) is 0.0138. The van der Waals surface area contributed by atoms with Gasteiger partial charge in [0.2, 0.25) is 22.6 Å². The van der Waals surface area contributed by atoms with Gasteiger partial charge in [0.15, 0.2) is 22.9 Å². The molecule has 3 fully saturated rings. The minimum absolute atomic E-state index is 0. The van der Waals surface area contributed by atoms with E-state index in [1.165, 1.54) is 12.8 Å². The van der Waals surface area contributed by atoms with Crippen LogP contribution in [0.4, 0.5) is 38.4 Å². The van der Waals surface area contributed by atoms with Crippen LogP contribution in [0.1, 0.15) is 121 Å². The van der Waals surface area contributed by atoms with Gasteiger partial charge in [0.25, 0.3) is 0 Å². The minimum Gasteiger partial charge on any atom is -0.449 e. The van der Waals surface area contributed by atoms with Crippen molar-refractivity contribution in [1.82, 2.24) is 29.9 Å². The summed E-state index contributed by atoms with van der Waals surface area (Å²) in [6.45, 7) is 9.57. The molecule has 26 nitrogen and oxygen atoms in total. The first-order valence-electron chi connectivity index (χ1n) is 26.9. The standard InChI is InChI=1S/C24H32ClN5O7S.C24H34N6O7S.C4H8O.CH4.4U.4V/c2*1-3-35-24(31)29(22-20(30(32)33)21(25)27-23(28-22)38-2)15-17-9-8-10-18(26-17)16-34-12-6-7-14-37-19-11-4-5-13-36-19;1-2-4-5-3-1;;;;;;;;;/h8-10,19H,3-7,11-16H2,1-2H3;8-10,19H,3-7,11-16H2,1-2H3,(H2,25,27,28);1-4H2;1H4;;;;;;;;. The normalized spacial score (nSPS) is 14.2. The van der Waals surface area contributed by atoms with E-state index in [4.69, 9.17) is 60.0 Å². The third-order valence-electron chi connectivity index (χ3n) is 11.8. The third kappa shape index (κ3) is 37.2. The van der Waals surface area contributed by atoms with E-state index in [0.29, 0.717) is 49.2 Å². The largest absolute Gasteiger partial charge is 0.449 e. The number of nitrogens with zero attached hydrogens (tertiary/aromatic N) is 10. The van der Waals surface area contributed by atoms with Crippen LogP contribution in [0.25, 0.3) is 0 Å². The predicted octanol–water partition coefficient (Wildman–Crippen LogP) is 10.7. The number of amides is 2. The second-order valence-corrected chi connectivity index (χ2v) is 19.8. The van der Waals surface area contributed by atoms with Crippen molar-refractivity contribution in [1.29, 1.82) is 0 Å². The van der Waals surface area contributed by atoms with Crippen molar-refractivity contribution >= 4 is 76.1 Å². The van der Waals surface area contributed by atoms with Crippen LogP contribution < -0.4 is 15.5 Å². The van der Waals surface area contributed by atoms with Gasteiger partial charge in [-0.1, -0.05) is 54.7 Å². The molecule has 3 aliphatic rings. The zero-order valence-electron chi connectivity index (χ0n) is 50.2. The van der Waals surface area contributed by atoms with Gasteiger partial charge in [0, 0.05) is 252 Å². The third-order valence-corrected chi connectivity index (χ3v) is 13.2. The van der Waals surface area contributed by atoms with Gasteiger partial charge in [-0.15, -0.1) is 0 Å². The van der Waals surface area contributed by atoms with E-state index in [1.807, 2.05) is 0 Å². The summed E-state index contributed by atoms with van der Waals surface area (Å²) in [6.07, 6.45) is 13.9. The molecule has 0 aromatic carbocycles. The van der Waals surface area contributed by atoms with Gasteiger partial charge in [0.05, 0.1) is 72.1 Å². The SMILES string of the molecule is C.C1CCOC1.CCOC(=O)N(Cc1cccc(COCCCCOC2CCCCO2)n1)c1nc(SC)nc(Cl)c1[N+](=O)[O-].CCOC(=O)N(Cc1cccc(COCCCCOC2CCCCO2)n1)c1nc(SC)nc(N)c1[N+](=O)[O-].[U].[U].[U].[U].[V].[V].[V].[V]. The number of ether oxygens (including phenoxy) is 9. The Morgan fingerprint density at radius 1 is 0.600 bits per heavy atom. The summed E-state index contributed by atoms with van der Waals surface area (Å²) in [7, 11) is 0. The molecule has 0 saturated carbocycles. The van der Waals surface area contributed by atoms with Crippen molar-refractivity contribution in [3.05, 3.63) is 84.6 Å². The van der Waals surface area contributed by atoms with Crippen LogP contribution in [0.15, 0.2) is 46.7 Å². The number of aromatic nitrogens is 6. The van der Waals surface area contributed by atoms with E-state index in [0.717, 1.165) is 124 Å². The van der Waals surface area contributed by atoms with Gasteiger partial charge < -0.3 is 48.4 Å². The van der Waals surface area contributed by atoms with Crippen LogP contribution in [-0.2, 0) is 143 Å². The molecule has 90 heavy (non-hydrogen) atoms. The molecule has 0 spiro atoms.